The largest absolute Gasteiger partial charge is 0.507 e. The molecule has 40 heavy (non-hydrogen) atoms. The predicted molar refractivity (Wildman–Crippen MR) is 152 cm³/mol. The van der Waals surface area contributed by atoms with Gasteiger partial charge in [0.25, 0.3) is 11.2 Å². The van der Waals surface area contributed by atoms with Crippen molar-refractivity contribution in [2.75, 3.05) is 6.61 Å². The summed E-state index contributed by atoms with van der Waals surface area (Å²) < 4.78 is 13.7. The minimum Gasteiger partial charge on any atom is -0.507 e. The van der Waals surface area contributed by atoms with E-state index in [1.54, 1.807) is 44.2 Å². The molecule has 10 nitrogen and oxygen atoms in total. The molecule has 0 radical (unpaired) electrons. The molecule has 0 amide bonds. The number of phenolic OH excluding ortho intramolecular Hbond substituents is 1. The average Bonchev–Trinajstić information content (AvgIpc) is 3.50. The van der Waals surface area contributed by atoms with Crippen molar-refractivity contribution in [2.24, 2.45) is 4.99 Å². The lowest BCUT2D eigenvalue weighted by atomic mass is 10.0. The average molecular weight is 645 g/mol. The van der Waals surface area contributed by atoms with Gasteiger partial charge in [-0.3, -0.25) is 19.5 Å². The number of non-ortho nitro benzene ring substituents is 1. The SMILES string of the molecule is CCOC(=O)C1=C(C)N=c2s/c(=C\c3cc(Br)ccc3O)c(=O)n2[C@H]1c1ccc(-c2cc([N+](=O)[O-])ccc2Cl)o1. The molecule has 0 fully saturated rings. The van der Waals surface area contributed by atoms with Crippen LogP contribution >= 0.6 is 38.9 Å². The van der Waals surface area contributed by atoms with E-state index < -0.39 is 22.5 Å². The van der Waals surface area contributed by atoms with Crippen molar-refractivity contribution in [3.05, 3.63) is 110 Å². The second-order valence-electron chi connectivity index (χ2n) is 8.63. The van der Waals surface area contributed by atoms with Crippen LogP contribution < -0.4 is 14.9 Å². The molecule has 204 valence electrons. The Morgan fingerprint density at radius 1 is 1.30 bits per heavy atom. The number of rotatable bonds is 6. The predicted octanol–water partition coefficient (Wildman–Crippen LogP) is 5.09. The van der Waals surface area contributed by atoms with Gasteiger partial charge in [0, 0.05) is 27.7 Å². The zero-order valence-electron chi connectivity index (χ0n) is 20.9. The number of allylic oxidation sites excluding steroid dienone is 1. The number of halogens is 2. The Hall–Kier alpha value is -4.00. The summed E-state index contributed by atoms with van der Waals surface area (Å²) in [6, 6.07) is 10.9. The Balaban J connectivity index is 1.71. The summed E-state index contributed by atoms with van der Waals surface area (Å²) in [5.41, 5.74) is 0.499. The van der Waals surface area contributed by atoms with Crippen molar-refractivity contribution < 1.29 is 24.0 Å². The first kappa shape index (κ1) is 27.6. The van der Waals surface area contributed by atoms with E-state index in [4.69, 9.17) is 20.8 Å². The van der Waals surface area contributed by atoms with Crippen LogP contribution in [0.1, 0.15) is 31.2 Å². The van der Waals surface area contributed by atoms with Gasteiger partial charge < -0.3 is 14.3 Å². The molecule has 0 aliphatic carbocycles. The number of hydrogen-bond donors (Lipinski definition) is 1. The van der Waals surface area contributed by atoms with Gasteiger partial charge in [0.15, 0.2) is 4.80 Å². The second-order valence-corrected chi connectivity index (χ2v) is 11.0. The number of thiazole rings is 1. The van der Waals surface area contributed by atoms with E-state index in [1.165, 1.54) is 28.8 Å². The van der Waals surface area contributed by atoms with E-state index in [-0.39, 0.29) is 50.3 Å². The molecule has 1 atom stereocenters. The lowest BCUT2D eigenvalue weighted by molar-refractivity contribution is -0.384. The number of ether oxygens (including phenoxy) is 1. The number of furan rings is 1. The Morgan fingerprint density at radius 3 is 2.80 bits per heavy atom. The van der Waals surface area contributed by atoms with E-state index in [9.17, 15) is 24.8 Å². The van der Waals surface area contributed by atoms with E-state index in [0.29, 0.717) is 20.5 Å². The summed E-state index contributed by atoms with van der Waals surface area (Å²) in [6.07, 6.45) is 1.54. The molecular weight excluding hydrogens is 626 g/mol. The smallest absolute Gasteiger partial charge is 0.338 e. The molecule has 1 aliphatic heterocycles. The summed E-state index contributed by atoms with van der Waals surface area (Å²) in [5.74, 6) is -0.270. The summed E-state index contributed by atoms with van der Waals surface area (Å²) in [5, 5.41) is 21.8. The number of nitro benzene ring substituents is 1. The van der Waals surface area contributed by atoms with E-state index in [1.807, 2.05) is 0 Å². The second kappa shape index (κ2) is 10.9. The molecule has 3 heterocycles. The van der Waals surface area contributed by atoms with Crippen LogP contribution in [0.15, 0.2) is 78.5 Å². The number of fused-ring (bicyclic) bond motifs is 1. The van der Waals surface area contributed by atoms with Gasteiger partial charge in [0.05, 0.1) is 32.4 Å². The lowest BCUT2D eigenvalue weighted by Gasteiger charge is -2.22. The Bertz CT molecular complexity index is 1910. The minimum atomic E-state index is -1.04. The lowest BCUT2D eigenvalue weighted by Crippen LogP contribution is -2.39. The molecule has 0 saturated heterocycles. The zero-order chi connectivity index (χ0) is 28.7. The number of benzene rings is 2. The first-order chi connectivity index (χ1) is 19.1. The summed E-state index contributed by atoms with van der Waals surface area (Å²) in [6.45, 7) is 3.40. The number of carbonyl (C=O) groups excluding carboxylic acids is 1. The molecule has 5 rings (SSSR count). The van der Waals surface area contributed by atoms with Crippen molar-refractivity contribution in [1.82, 2.24) is 4.57 Å². The molecule has 4 aromatic rings. The third-order valence-electron chi connectivity index (χ3n) is 6.12. The summed E-state index contributed by atoms with van der Waals surface area (Å²) in [4.78, 5) is 42.5. The third-order valence-corrected chi connectivity index (χ3v) is 7.92. The van der Waals surface area contributed by atoms with Gasteiger partial charge in [-0.2, -0.15) is 0 Å². The number of hydrogen-bond acceptors (Lipinski definition) is 9. The molecule has 0 saturated carbocycles. The summed E-state index contributed by atoms with van der Waals surface area (Å²) in [7, 11) is 0. The Labute approximate surface area is 243 Å². The van der Waals surface area contributed by atoms with Crippen molar-refractivity contribution in [1.29, 1.82) is 0 Å². The monoisotopic (exact) mass is 643 g/mol. The van der Waals surface area contributed by atoms with E-state index in [2.05, 4.69) is 20.9 Å². The molecule has 2 aromatic carbocycles. The molecule has 13 heteroatoms. The van der Waals surface area contributed by atoms with Crippen LogP contribution in [0, 0.1) is 10.1 Å². The first-order valence-electron chi connectivity index (χ1n) is 11.8. The maximum atomic E-state index is 13.8. The van der Waals surface area contributed by atoms with Crippen LogP contribution in [0.2, 0.25) is 5.02 Å². The third kappa shape index (κ3) is 5.01. The quantitative estimate of drug-likeness (QED) is 0.175. The molecule has 1 aliphatic rings. The number of carbonyl (C=O) groups is 1. The minimum absolute atomic E-state index is 0.0153. The molecule has 2 aromatic heterocycles. The molecule has 0 unspecified atom stereocenters. The first-order valence-corrected chi connectivity index (χ1v) is 13.8. The fourth-order valence-corrected chi connectivity index (χ4v) is 5.93. The van der Waals surface area contributed by atoms with Crippen LogP contribution in [0.25, 0.3) is 17.4 Å². The highest BCUT2D eigenvalue weighted by Gasteiger charge is 2.35. The molecule has 0 spiro atoms. The normalized spacial score (nSPS) is 15.1. The highest BCUT2D eigenvalue weighted by atomic mass is 79.9. The fraction of sp³-hybridized carbons (Fsp3) is 0.148. The van der Waals surface area contributed by atoms with E-state index in [0.717, 1.165) is 11.3 Å². The van der Waals surface area contributed by atoms with Crippen molar-refractivity contribution in [3.8, 4) is 17.1 Å². The Kier molecular flexibility index (Phi) is 7.49. The van der Waals surface area contributed by atoms with Crippen LogP contribution in [0.4, 0.5) is 5.69 Å². The number of aromatic hydroxyl groups is 1. The topological polar surface area (TPSA) is 137 Å². The van der Waals surface area contributed by atoms with Crippen LogP contribution in [0.3, 0.4) is 0 Å². The van der Waals surface area contributed by atoms with Gasteiger partial charge >= 0.3 is 5.97 Å². The zero-order valence-corrected chi connectivity index (χ0v) is 24.0. The molecule has 0 bridgehead atoms. The van der Waals surface area contributed by atoms with Gasteiger partial charge in [0.2, 0.25) is 0 Å². The maximum absolute atomic E-state index is 13.8. The number of esters is 1. The fourth-order valence-electron chi connectivity index (χ4n) is 4.30. The standard InChI is InChI=1S/C27H19BrClN3O7S/c1-3-38-26(35)23-13(2)30-27-31(25(34)22(40-27)11-14-10-15(28)4-7-19(14)33)24(23)21-9-8-20(39-21)17-12-16(32(36)37)5-6-18(17)29/h4-12,24,33H,3H2,1-2H3/b22-11-/t24-/m0/s1. The Morgan fingerprint density at radius 2 is 2.08 bits per heavy atom. The van der Waals surface area contributed by atoms with Crippen molar-refractivity contribution in [3.63, 3.8) is 0 Å². The van der Waals surface area contributed by atoms with Gasteiger partial charge in [-0.25, -0.2) is 9.79 Å². The highest BCUT2D eigenvalue weighted by molar-refractivity contribution is 9.10. The molecule has 1 N–H and O–H groups in total. The summed E-state index contributed by atoms with van der Waals surface area (Å²) >= 11 is 10.8. The van der Waals surface area contributed by atoms with Gasteiger partial charge in [-0.1, -0.05) is 38.9 Å². The maximum Gasteiger partial charge on any atom is 0.338 e. The van der Waals surface area contributed by atoms with Gasteiger partial charge in [-0.05, 0) is 56.3 Å². The number of nitro groups is 1. The van der Waals surface area contributed by atoms with E-state index >= 15 is 0 Å². The van der Waals surface area contributed by atoms with Crippen LogP contribution in [-0.2, 0) is 9.53 Å². The highest BCUT2D eigenvalue weighted by Crippen LogP contribution is 2.37. The number of aromatic nitrogens is 1. The van der Waals surface area contributed by atoms with Gasteiger partial charge in [-0.15, -0.1) is 0 Å². The van der Waals surface area contributed by atoms with Crippen LogP contribution in [0.5, 0.6) is 5.75 Å². The van der Waals surface area contributed by atoms with Crippen molar-refractivity contribution >= 4 is 56.6 Å². The van der Waals surface area contributed by atoms with Crippen LogP contribution in [-0.4, -0.2) is 27.2 Å². The molecular formula is C27H19BrClN3O7S. The number of nitrogens with zero attached hydrogens (tertiary/aromatic N) is 3. The van der Waals surface area contributed by atoms with Crippen molar-refractivity contribution in [2.45, 2.75) is 19.9 Å². The van der Waals surface area contributed by atoms with Gasteiger partial charge in [0.1, 0.15) is 23.3 Å². The number of phenols is 1.